The average molecular weight is 451 g/mol. The summed E-state index contributed by atoms with van der Waals surface area (Å²) in [6.07, 6.45) is 0. The molecule has 0 radical (unpaired) electrons. The van der Waals surface area contributed by atoms with Crippen molar-refractivity contribution in [3.63, 3.8) is 0 Å². The zero-order valence-corrected chi connectivity index (χ0v) is 19.5. The standard InChI is InChI=1S/C31H26BN3/c1-34-32(33)28-16-22-31(23-17-28)35(29-18-12-26(13-19-29)24-8-4-2-5-9-24)30-20-14-27(15-21-30)25-10-6-3-7-11-25/h2-23H,1,33H2. The number of anilines is 3. The topological polar surface area (TPSA) is 41.6 Å². The molecule has 2 N–H and O–H groups in total. The van der Waals surface area contributed by atoms with Gasteiger partial charge in [-0.15, -0.1) is 0 Å². The summed E-state index contributed by atoms with van der Waals surface area (Å²) in [5.41, 5.74) is 15.0. The van der Waals surface area contributed by atoms with E-state index < -0.39 is 6.98 Å². The monoisotopic (exact) mass is 451 g/mol. The average Bonchev–Trinajstić information content (AvgIpc) is 2.95. The van der Waals surface area contributed by atoms with Crippen molar-refractivity contribution in [2.45, 2.75) is 0 Å². The molecule has 0 aromatic heterocycles. The molecule has 5 aromatic rings. The molecule has 3 nitrogen and oxygen atoms in total. The van der Waals surface area contributed by atoms with Gasteiger partial charge >= 0.3 is 6.98 Å². The molecular weight excluding hydrogens is 425 g/mol. The highest BCUT2D eigenvalue weighted by Crippen LogP contribution is 2.36. The van der Waals surface area contributed by atoms with E-state index in [-0.39, 0.29) is 0 Å². The van der Waals surface area contributed by atoms with Crippen LogP contribution in [0.2, 0.25) is 0 Å². The Labute approximate surface area is 207 Å². The summed E-state index contributed by atoms with van der Waals surface area (Å²) < 4.78 is 0. The largest absolute Gasteiger partial charge is 0.390 e. The van der Waals surface area contributed by atoms with E-state index in [0.29, 0.717) is 0 Å². The maximum Gasteiger partial charge on any atom is 0.390 e. The highest BCUT2D eigenvalue weighted by Gasteiger charge is 2.15. The van der Waals surface area contributed by atoms with Crippen molar-refractivity contribution in [1.82, 2.24) is 0 Å². The van der Waals surface area contributed by atoms with Crippen LogP contribution in [-0.2, 0) is 0 Å². The van der Waals surface area contributed by atoms with Gasteiger partial charge in [-0.2, -0.15) is 0 Å². The molecular formula is C31H26BN3. The van der Waals surface area contributed by atoms with Crippen LogP contribution in [0.25, 0.3) is 22.3 Å². The van der Waals surface area contributed by atoms with Crippen molar-refractivity contribution in [2.24, 2.45) is 10.5 Å². The normalized spacial score (nSPS) is 10.5. The first-order valence-corrected chi connectivity index (χ1v) is 11.7. The van der Waals surface area contributed by atoms with Crippen molar-refractivity contribution in [1.29, 1.82) is 0 Å². The lowest BCUT2D eigenvalue weighted by molar-refractivity contribution is 1.28. The van der Waals surface area contributed by atoms with E-state index in [4.69, 9.17) is 5.64 Å². The van der Waals surface area contributed by atoms with E-state index in [1.807, 2.05) is 24.3 Å². The molecule has 0 heterocycles. The van der Waals surface area contributed by atoms with Gasteiger partial charge in [0.2, 0.25) is 0 Å². The molecule has 168 valence electrons. The van der Waals surface area contributed by atoms with Gasteiger partial charge in [0.15, 0.2) is 0 Å². The molecule has 0 atom stereocenters. The summed E-state index contributed by atoms with van der Waals surface area (Å²) in [4.78, 5) is 6.19. The molecule has 0 saturated carbocycles. The molecule has 0 fully saturated rings. The van der Waals surface area contributed by atoms with Crippen molar-refractivity contribution in [2.75, 3.05) is 4.90 Å². The molecule has 0 saturated heterocycles. The maximum atomic E-state index is 6.04. The number of benzene rings is 5. The van der Waals surface area contributed by atoms with Crippen LogP contribution in [0.3, 0.4) is 0 Å². The smallest absolute Gasteiger partial charge is 0.345 e. The van der Waals surface area contributed by atoms with E-state index in [2.05, 4.69) is 126 Å². The molecule has 35 heavy (non-hydrogen) atoms. The number of rotatable bonds is 7. The van der Waals surface area contributed by atoms with Gasteiger partial charge in [-0.3, -0.25) is 0 Å². The third kappa shape index (κ3) is 4.93. The molecule has 0 aliphatic rings. The summed E-state index contributed by atoms with van der Waals surface area (Å²) >= 11 is 0. The quantitative estimate of drug-likeness (QED) is 0.217. The van der Waals surface area contributed by atoms with Crippen molar-refractivity contribution < 1.29 is 0 Å². The van der Waals surface area contributed by atoms with Gasteiger partial charge < -0.3 is 15.4 Å². The molecule has 0 amide bonds. The number of nitrogens with zero attached hydrogens (tertiary/aromatic N) is 2. The van der Waals surface area contributed by atoms with Crippen LogP contribution < -0.4 is 16.0 Å². The second-order valence-electron chi connectivity index (χ2n) is 8.38. The van der Waals surface area contributed by atoms with Gasteiger partial charge in [-0.1, -0.05) is 97.1 Å². The van der Waals surface area contributed by atoms with E-state index in [1.54, 1.807) is 0 Å². The minimum absolute atomic E-state index is 0.423. The molecule has 0 bridgehead atoms. The third-order valence-electron chi connectivity index (χ3n) is 6.15. The van der Waals surface area contributed by atoms with E-state index in [0.717, 1.165) is 22.5 Å². The molecule has 5 rings (SSSR count). The predicted molar refractivity (Wildman–Crippen MR) is 151 cm³/mol. The first-order valence-electron chi connectivity index (χ1n) is 11.7. The number of nitrogens with two attached hydrogens (primary N) is 1. The summed E-state index contributed by atoms with van der Waals surface area (Å²) in [6.45, 7) is 3.15. The first kappa shape index (κ1) is 22.4. The summed E-state index contributed by atoms with van der Waals surface area (Å²) in [5, 5.41) is 0. The van der Waals surface area contributed by atoms with Gasteiger partial charge in [0.05, 0.1) is 0 Å². The highest BCUT2D eigenvalue weighted by molar-refractivity contribution is 6.69. The predicted octanol–water partition coefficient (Wildman–Crippen LogP) is 6.84. The lowest BCUT2D eigenvalue weighted by Crippen LogP contribution is -2.37. The van der Waals surface area contributed by atoms with Gasteiger partial charge in [0, 0.05) is 17.1 Å². The maximum absolute atomic E-state index is 6.04. The Bertz CT molecular complexity index is 1300. The van der Waals surface area contributed by atoms with Crippen LogP contribution in [0, 0.1) is 0 Å². The Morgan fingerprint density at radius 3 is 1.20 bits per heavy atom. The lowest BCUT2D eigenvalue weighted by atomic mass is 9.71. The van der Waals surface area contributed by atoms with Crippen molar-refractivity contribution >= 4 is 36.2 Å². The van der Waals surface area contributed by atoms with Crippen LogP contribution in [-0.4, -0.2) is 13.7 Å². The van der Waals surface area contributed by atoms with Crippen LogP contribution in [0.5, 0.6) is 0 Å². The van der Waals surface area contributed by atoms with E-state index in [9.17, 15) is 0 Å². The minimum Gasteiger partial charge on any atom is -0.345 e. The Balaban J connectivity index is 1.53. The molecule has 5 aromatic carbocycles. The van der Waals surface area contributed by atoms with Crippen LogP contribution in [0.15, 0.2) is 138 Å². The van der Waals surface area contributed by atoms with Gasteiger partial charge in [0.1, 0.15) is 0 Å². The highest BCUT2D eigenvalue weighted by atomic mass is 15.1. The van der Waals surface area contributed by atoms with Gasteiger partial charge in [0.25, 0.3) is 0 Å². The number of hydrogen-bond donors (Lipinski definition) is 1. The SMILES string of the molecule is C=NB(N)c1ccc(N(c2ccc(-c3ccccc3)cc2)c2ccc(-c3ccccc3)cc2)cc1. The summed E-state index contributed by atoms with van der Waals surface area (Å²) in [6, 6.07) is 46.4. The van der Waals surface area contributed by atoms with Gasteiger partial charge in [-0.05, 0) is 70.8 Å². The van der Waals surface area contributed by atoms with Crippen LogP contribution in [0.4, 0.5) is 17.1 Å². The summed E-state index contributed by atoms with van der Waals surface area (Å²) in [5.74, 6) is 0. The molecule has 0 aliphatic carbocycles. The van der Waals surface area contributed by atoms with Crippen LogP contribution in [0.1, 0.15) is 0 Å². The first-order chi connectivity index (χ1) is 17.2. The van der Waals surface area contributed by atoms with E-state index >= 15 is 0 Å². The van der Waals surface area contributed by atoms with Gasteiger partial charge in [-0.25, -0.2) is 0 Å². The van der Waals surface area contributed by atoms with Crippen molar-refractivity contribution in [3.05, 3.63) is 133 Å². The Morgan fingerprint density at radius 2 is 0.829 bits per heavy atom. The van der Waals surface area contributed by atoms with Crippen LogP contribution >= 0.6 is 0 Å². The number of hydrogen-bond acceptors (Lipinski definition) is 3. The zero-order valence-electron chi connectivity index (χ0n) is 19.5. The molecule has 0 unspecified atom stereocenters. The fourth-order valence-electron chi connectivity index (χ4n) is 4.24. The van der Waals surface area contributed by atoms with Crippen molar-refractivity contribution in [3.8, 4) is 22.3 Å². The third-order valence-corrected chi connectivity index (χ3v) is 6.15. The Hall–Kier alpha value is -4.41. The molecule has 4 heteroatoms. The molecule has 0 spiro atoms. The van der Waals surface area contributed by atoms with E-state index in [1.165, 1.54) is 22.3 Å². The second kappa shape index (κ2) is 10.2. The second-order valence-corrected chi connectivity index (χ2v) is 8.38. The fraction of sp³-hybridized carbons (Fsp3) is 0. The zero-order chi connectivity index (χ0) is 24.0. The molecule has 0 aliphatic heterocycles. The summed E-state index contributed by atoms with van der Waals surface area (Å²) in [7, 11) is 0. The lowest BCUT2D eigenvalue weighted by Gasteiger charge is -2.26. The Morgan fingerprint density at radius 1 is 0.486 bits per heavy atom. The minimum atomic E-state index is -0.423. The fourth-order valence-corrected chi connectivity index (χ4v) is 4.24. The Kier molecular flexibility index (Phi) is 6.56.